The fourth-order valence-corrected chi connectivity index (χ4v) is 9.82. The third-order valence-electron chi connectivity index (χ3n) is 12.6. The van der Waals surface area contributed by atoms with Gasteiger partial charge in [-0.1, -0.05) is 12.1 Å². The highest BCUT2D eigenvalue weighted by molar-refractivity contribution is 7.92. The molecule has 398 valence electrons. The van der Waals surface area contributed by atoms with E-state index in [2.05, 4.69) is 61.4 Å². The molecule has 0 radical (unpaired) electrons. The number of alkyl halides is 8. The fraction of sp³-hybridized carbons (Fsp3) is 0.289. The Morgan fingerprint density at radius 1 is 0.763 bits per heavy atom. The molecule has 0 saturated heterocycles. The molecule has 6 heterocycles. The van der Waals surface area contributed by atoms with Crippen LogP contribution in [0.25, 0.3) is 44.7 Å². The van der Waals surface area contributed by atoms with E-state index in [0.717, 1.165) is 33.6 Å². The van der Waals surface area contributed by atoms with Crippen LogP contribution in [0.15, 0.2) is 78.1 Å². The van der Waals surface area contributed by atoms with Gasteiger partial charge in [-0.25, -0.2) is 71.9 Å². The van der Waals surface area contributed by atoms with Crippen molar-refractivity contribution in [2.75, 3.05) is 45.1 Å². The molecule has 31 heteroatoms. The van der Waals surface area contributed by atoms with E-state index in [9.17, 15) is 52.8 Å². The van der Waals surface area contributed by atoms with E-state index >= 15 is 8.78 Å². The third kappa shape index (κ3) is 9.92. The molecule has 2 saturated carbocycles. The fourth-order valence-electron chi connectivity index (χ4n) is 8.45. The summed E-state index contributed by atoms with van der Waals surface area (Å²) in [5, 5.41) is 18.8. The van der Waals surface area contributed by atoms with Crippen LogP contribution in [0.2, 0.25) is 0 Å². The molecule has 2 aromatic carbocycles. The van der Waals surface area contributed by atoms with Gasteiger partial charge in [0, 0.05) is 62.4 Å². The van der Waals surface area contributed by atoms with Crippen LogP contribution in [0.5, 0.6) is 0 Å². The van der Waals surface area contributed by atoms with E-state index in [1.54, 1.807) is 25.4 Å². The third-order valence-corrected chi connectivity index (χ3v) is 14.9. The van der Waals surface area contributed by atoms with Crippen LogP contribution in [0, 0.1) is 17.8 Å². The van der Waals surface area contributed by atoms with Gasteiger partial charge < -0.3 is 31.2 Å². The Hall–Kier alpha value is -8.22. The molecule has 8 aromatic rings. The number of anilines is 7. The predicted octanol–water partition coefficient (Wildman–Crippen LogP) is 7.77. The Kier molecular flexibility index (Phi) is 12.3. The molecule has 2 amide bonds. The number of H-pyrrole nitrogens is 2. The summed E-state index contributed by atoms with van der Waals surface area (Å²) >= 11 is 0. The number of carbonyl (C=O) groups excluding carboxylic acids is 2. The van der Waals surface area contributed by atoms with Crippen molar-refractivity contribution in [2.24, 2.45) is 24.8 Å². The number of aryl methyl sites for hydroxylation is 1. The van der Waals surface area contributed by atoms with E-state index in [1.807, 2.05) is 0 Å². The van der Waals surface area contributed by atoms with Crippen molar-refractivity contribution in [3.8, 4) is 22.4 Å². The van der Waals surface area contributed by atoms with Crippen LogP contribution in [0.4, 0.5) is 75.2 Å². The number of carbonyl (C=O) groups is 2. The number of hydrogen-bond acceptors (Lipinski definition) is 14. The molecule has 10 rings (SSSR count). The van der Waals surface area contributed by atoms with E-state index < -0.39 is 98.7 Å². The van der Waals surface area contributed by atoms with Gasteiger partial charge in [0.2, 0.25) is 21.8 Å². The summed E-state index contributed by atoms with van der Waals surface area (Å²) in [5.41, 5.74) is 0.279. The van der Waals surface area contributed by atoms with E-state index in [1.165, 1.54) is 54.5 Å². The summed E-state index contributed by atoms with van der Waals surface area (Å²) in [6, 6.07) is 12.5. The number of imidazole rings is 2. The van der Waals surface area contributed by atoms with Crippen molar-refractivity contribution in [3.05, 3.63) is 84.8 Å². The topological polar surface area (TPSA) is 273 Å². The summed E-state index contributed by atoms with van der Waals surface area (Å²) in [4.78, 5) is 46.6. The van der Waals surface area contributed by atoms with Gasteiger partial charge in [0.05, 0.1) is 63.9 Å². The van der Waals surface area contributed by atoms with Crippen LogP contribution < -0.4 is 25.6 Å². The smallest absolute Gasteiger partial charge is 0.295 e. The largest absolute Gasteiger partial charge is 0.352 e. The van der Waals surface area contributed by atoms with Crippen molar-refractivity contribution in [1.82, 2.24) is 49.5 Å². The average Bonchev–Trinajstić information content (AvgIpc) is 3.86. The lowest BCUT2D eigenvalue weighted by Gasteiger charge is -2.22. The number of pyridine rings is 2. The van der Waals surface area contributed by atoms with Gasteiger partial charge in [0.25, 0.3) is 24.7 Å². The van der Waals surface area contributed by atoms with Crippen molar-refractivity contribution in [2.45, 2.75) is 42.6 Å². The Morgan fingerprint density at radius 2 is 1.33 bits per heavy atom. The van der Waals surface area contributed by atoms with Gasteiger partial charge in [0.1, 0.15) is 34.5 Å². The molecule has 0 aliphatic heterocycles. The summed E-state index contributed by atoms with van der Waals surface area (Å²) in [6.45, 7) is -0.513. The lowest BCUT2D eigenvalue weighted by atomic mass is 10.1. The van der Waals surface area contributed by atoms with Crippen LogP contribution in [0.3, 0.4) is 0 Å². The van der Waals surface area contributed by atoms with Crippen molar-refractivity contribution in [1.29, 1.82) is 0 Å². The maximum absolute atomic E-state index is 15.6. The Labute approximate surface area is 423 Å². The van der Waals surface area contributed by atoms with Crippen molar-refractivity contribution in [3.63, 3.8) is 0 Å². The number of aromatic nitrogens is 10. The first-order valence-corrected chi connectivity index (χ1v) is 26.1. The lowest BCUT2D eigenvalue weighted by molar-refractivity contribution is -0.120. The van der Waals surface area contributed by atoms with Gasteiger partial charge in [-0.2, -0.15) is 10.2 Å². The highest BCUT2D eigenvalue weighted by atomic mass is 32.2. The monoisotopic (exact) mass is 1100 g/mol. The van der Waals surface area contributed by atoms with Crippen LogP contribution in [0.1, 0.15) is 30.9 Å². The Morgan fingerprint density at radius 3 is 1.87 bits per heavy atom. The maximum Gasteiger partial charge on any atom is 0.295 e. The standard InChI is InChI=1S/C45H39F8N15O6S2/c1-66-10-9-24(65-66)20-6-8-26(30(12-20)75(3,71)72)56-28-14-32(58-39-35(28)62-41(64-39)37(48)49)60-43(70)33-23(45(33,52)53)18-68-17-21(16-54-68)19-5-7-25(29(11-19)67(2)76(4,73)74)55-27-13-31(59-42(69)22-15-44(22,50)51)57-38-34(27)61-40(63-38)36(46)47/h5-14,16-17,22-23,33,36-37H,15,18H2,1-4H3,(H3,55,57,59,61,63,69)(H3,56,58,60,62,64,70). The molecule has 2 aliphatic rings. The first-order chi connectivity index (χ1) is 35.6. The second-order valence-corrected chi connectivity index (χ2v) is 22.1. The minimum absolute atomic E-state index is 0.0222. The molecule has 76 heavy (non-hydrogen) atoms. The minimum atomic E-state index is -4.03. The Balaban J connectivity index is 0.891. The number of halogens is 8. The number of nitrogens with zero attached hydrogens (tertiary/aromatic N) is 9. The van der Waals surface area contributed by atoms with Gasteiger partial charge in [-0.05, 0) is 35.9 Å². The molecule has 0 spiro atoms. The van der Waals surface area contributed by atoms with Crippen molar-refractivity contribution < 1.29 is 61.5 Å². The lowest BCUT2D eigenvalue weighted by Crippen LogP contribution is -2.25. The van der Waals surface area contributed by atoms with Crippen LogP contribution in [-0.4, -0.2) is 110 Å². The van der Waals surface area contributed by atoms with Gasteiger partial charge in [-0.15, -0.1) is 0 Å². The summed E-state index contributed by atoms with van der Waals surface area (Å²) < 4.78 is 169. The number of aromatic amines is 2. The van der Waals surface area contributed by atoms with Gasteiger partial charge in [-0.3, -0.25) is 23.3 Å². The van der Waals surface area contributed by atoms with Gasteiger partial charge in [0.15, 0.2) is 32.8 Å². The van der Waals surface area contributed by atoms with E-state index in [-0.39, 0.29) is 72.9 Å². The molecule has 2 aliphatic carbocycles. The van der Waals surface area contributed by atoms with E-state index in [4.69, 9.17) is 0 Å². The normalized spacial score (nSPS) is 17.8. The Bertz CT molecular complexity index is 3900. The molecular weight excluding hydrogens is 1060 g/mol. The quantitative estimate of drug-likeness (QED) is 0.0476. The molecular formula is C45H39F8N15O6S2. The summed E-state index contributed by atoms with van der Waals surface area (Å²) in [6.07, 6.45) is -0.773. The molecule has 6 N–H and O–H groups in total. The number of sulfonamides is 1. The maximum atomic E-state index is 15.6. The minimum Gasteiger partial charge on any atom is -0.352 e. The highest BCUT2D eigenvalue weighted by Crippen LogP contribution is 2.56. The number of amides is 2. The number of fused-ring (bicyclic) bond motifs is 2. The first kappa shape index (κ1) is 51.3. The second-order valence-electron chi connectivity index (χ2n) is 18.1. The van der Waals surface area contributed by atoms with Crippen molar-refractivity contribution >= 4 is 94.1 Å². The SMILES string of the molecule is CN(c1cc(-c2cnn(CC3C(C(=O)Nc4cc(Nc5ccc(-c6ccn(C)n6)cc5S(C)(=O)=O)c5nc(C(F)F)[nH]c5n4)C3(F)F)c2)ccc1Nc1cc(NC(=O)C2CC2(F)F)nc2[nH]c(C(F)F)nc12)S(C)(=O)=O. The van der Waals surface area contributed by atoms with Gasteiger partial charge >= 0.3 is 0 Å². The zero-order valence-electron chi connectivity index (χ0n) is 39.5. The first-order valence-electron chi connectivity index (χ1n) is 22.4. The zero-order chi connectivity index (χ0) is 54.6. The number of sulfone groups is 1. The molecule has 3 unspecified atom stereocenters. The number of rotatable bonds is 17. The molecule has 0 bridgehead atoms. The van der Waals surface area contributed by atoms with Crippen LogP contribution >= 0.6 is 0 Å². The molecule has 2 fully saturated rings. The zero-order valence-corrected chi connectivity index (χ0v) is 41.2. The van der Waals surface area contributed by atoms with E-state index in [0.29, 0.717) is 16.8 Å². The molecule has 3 atom stereocenters. The predicted molar refractivity (Wildman–Crippen MR) is 259 cm³/mol. The number of nitrogens with one attached hydrogen (secondary N) is 6. The van der Waals surface area contributed by atoms with Crippen LogP contribution in [-0.2, 0) is 43.0 Å². The molecule has 6 aromatic heterocycles. The highest BCUT2D eigenvalue weighted by Gasteiger charge is 2.72. The number of benzene rings is 2. The summed E-state index contributed by atoms with van der Waals surface area (Å²) in [5.74, 6) is -16.6. The summed E-state index contributed by atoms with van der Waals surface area (Å²) in [7, 11) is -5.12. The second kappa shape index (κ2) is 18.3. The number of hydrogen-bond donors (Lipinski definition) is 6. The molecule has 21 nitrogen and oxygen atoms in total. The average molecular weight is 1100 g/mol.